The Morgan fingerprint density at radius 3 is 2.40 bits per heavy atom. The van der Waals surface area contributed by atoms with Gasteiger partial charge in [-0.25, -0.2) is 0 Å². The maximum atomic E-state index is 4.52. The number of anilines is 1. The molecule has 0 amide bonds. The van der Waals surface area contributed by atoms with Crippen LogP contribution in [-0.2, 0) is 6.54 Å². The number of aromatic nitrogens is 4. The lowest BCUT2D eigenvalue weighted by Crippen LogP contribution is -2.35. The Morgan fingerprint density at radius 1 is 0.933 bits per heavy atom. The zero-order valence-electron chi connectivity index (χ0n) is 18.0. The fourth-order valence-electron chi connectivity index (χ4n) is 4.86. The first-order valence-electron chi connectivity index (χ1n) is 11.0. The Morgan fingerprint density at radius 2 is 1.67 bits per heavy atom. The summed E-state index contributed by atoms with van der Waals surface area (Å²) < 4.78 is 4.60. The number of pyridine rings is 1. The Balaban J connectivity index is 1.57. The quantitative estimate of drug-likeness (QED) is 0.523. The first-order chi connectivity index (χ1) is 14.6. The van der Waals surface area contributed by atoms with Crippen LogP contribution in [0.2, 0.25) is 0 Å². The summed E-state index contributed by atoms with van der Waals surface area (Å²) in [5, 5.41) is 16.1. The molecule has 156 valence electrons. The molecule has 1 aliphatic carbocycles. The maximum Gasteiger partial charge on any atom is 0.184 e. The van der Waals surface area contributed by atoms with Crippen LogP contribution >= 0.6 is 0 Å². The normalized spacial score (nSPS) is 19.6. The van der Waals surface area contributed by atoms with Gasteiger partial charge in [-0.15, -0.1) is 10.2 Å². The molecule has 3 aromatic heterocycles. The summed E-state index contributed by atoms with van der Waals surface area (Å²) in [6.45, 7) is 5.07. The highest BCUT2D eigenvalue weighted by Gasteiger charge is 2.22. The van der Waals surface area contributed by atoms with E-state index < -0.39 is 0 Å². The highest BCUT2D eigenvalue weighted by molar-refractivity contribution is 5.88. The summed E-state index contributed by atoms with van der Waals surface area (Å²) in [6, 6.07) is 16.3. The van der Waals surface area contributed by atoms with Gasteiger partial charge in [0.05, 0.1) is 16.7 Å². The van der Waals surface area contributed by atoms with Crippen molar-refractivity contribution in [2.24, 2.45) is 0 Å². The second-order valence-electron chi connectivity index (χ2n) is 8.57. The van der Waals surface area contributed by atoms with Crippen LogP contribution in [0.15, 0.2) is 42.5 Å². The second kappa shape index (κ2) is 7.76. The number of hydrogen-bond donors (Lipinski definition) is 2. The van der Waals surface area contributed by atoms with Gasteiger partial charge in [-0.3, -0.25) is 4.40 Å². The number of fused-ring (bicyclic) bond motifs is 3. The third-order valence-corrected chi connectivity index (χ3v) is 6.59. The van der Waals surface area contributed by atoms with Crippen molar-refractivity contribution in [2.45, 2.75) is 58.2 Å². The number of nitrogens with one attached hydrogen (secondary N) is 2. The largest absolute Gasteiger partial charge is 0.379 e. The molecule has 2 N–H and O–H groups in total. The standard InChI is InChI=1S/C24H30N6/c1-16-13-23-22(29(16)15-18-7-5-4-6-8-18)14-21(24-28-27-17(2)30(23)24)26-20-11-9-19(25-3)10-12-20/h4-8,13-14,19-20,25-26H,9-12,15H2,1-3H3/t19-,20+. The van der Waals surface area contributed by atoms with E-state index in [-0.39, 0.29) is 0 Å². The molecule has 6 nitrogen and oxygen atoms in total. The summed E-state index contributed by atoms with van der Waals surface area (Å²) in [5.74, 6) is 0.925. The topological polar surface area (TPSA) is 59.2 Å². The highest BCUT2D eigenvalue weighted by Crippen LogP contribution is 2.30. The molecule has 5 rings (SSSR count). The average Bonchev–Trinajstić information content (AvgIpc) is 3.30. The van der Waals surface area contributed by atoms with E-state index in [0.29, 0.717) is 12.1 Å². The van der Waals surface area contributed by atoms with Crippen LogP contribution < -0.4 is 10.6 Å². The lowest BCUT2D eigenvalue weighted by Gasteiger charge is -2.29. The van der Waals surface area contributed by atoms with Crippen molar-refractivity contribution in [1.82, 2.24) is 24.5 Å². The van der Waals surface area contributed by atoms with Gasteiger partial charge in [-0.05, 0) is 64.3 Å². The van der Waals surface area contributed by atoms with Crippen LogP contribution in [0, 0.1) is 13.8 Å². The first kappa shape index (κ1) is 19.1. The van der Waals surface area contributed by atoms with Gasteiger partial charge in [-0.2, -0.15) is 0 Å². The smallest absolute Gasteiger partial charge is 0.184 e. The summed E-state index contributed by atoms with van der Waals surface area (Å²) in [7, 11) is 2.07. The van der Waals surface area contributed by atoms with E-state index in [1.807, 2.05) is 6.92 Å². The highest BCUT2D eigenvalue weighted by atomic mass is 15.3. The Kier molecular flexibility index (Phi) is 4.95. The number of hydrogen-bond acceptors (Lipinski definition) is 4. The number of benzene rings is 1. The molecular weight excluding hydrogens is 372 g/mol. The molecular formula is C24H30N6. The van der Waals surface area contributed by atoms with Gasteiger partial charge in [0, 0.05) is 24.3 Å². The molecule has 1 aromatic carbocycles. The molecule has 0 unspecified atom stereocenters. The molecule has 0 spiro atoms. The van der Waals surface area contributed by atoms with E-state index in [2.05, 4.69) is 86.2 Å². The van der Waals surface area contributed by atoms with Crippen LogP contribution in [0.25, 0.3) is 16.7 Å². The third kappa shape index (κ3) is 3.35. The fraction of sp³-hybridized carbons (Fsp3) is 0.417. The zero-order chi connectivity index (χ0) is 20.7. The Hall–Kier alpha value is -2.86. The predicted octanol–water partition coefficient (Wildman–Crippen LogP) is 4.29. The van der Waals surface area contributed by atoms with Crippen LogP contribution in [0.4, 0.5) is 5.69 Å². The van der Waals surface area contributed by atoms with Crippen LogP contribution in [0.1, 0.15) is 42.8 Å². The van der Waals surface area contributed by atoms with Gasteiger partial charge >= 0.3 is 0 Å². The summed E-state index contributed by atoms with van der Waals surface area (Å²) in [4.78, 5) is 0. The lowest BCUT2D eigenvalue weighted by atomic mass is 9.91. The second-order valence-corrected chi connectivity index (χ2v) is 8.57. The van der Waals surface area contributed by atoms with Crippen molar-refractivity contribution in [3.8, 4) is 0 Å². The van der Waals surface area contributed by atoms with Crippen LogP contribution in [0.5, 0.6) is 0 Å². The summed E-state index contributed by atoms with van der Waals surface area (Å²) >= 11 is 0. The molecule has 0 aliphatic heterocycles. The van der Waals surface area contributed by atoms with E-state index >= 15 is 0 Å². The van der Waals surface area contributed by atoms with E-state index in [0.717, 1.165) is 23.7 Å². The molecule has 4 aromatic rings. The lowest BCUT2D eigenvalue weighted by molar-refractivity contribution is 0.371. The van der Waals surface area contributed by atoms with Crippen molar-refractivity contribution in [3.63, 3.8) is 0 Å². The fourth-order valence-corrected chi connectivity index (χ4v) is 4.86. The Labute approximate surface area is 177 Å². The molecule has 0 radical (unpaired) electrons. The van der Waals surface area contributed by atoms with Crippen molar-refractivity contribution in [3.05, 3.63) is 59.5 Å². The molecule has 3 heterocycles. The van der Waals surface area contributed by atoms with E-state index in [1.54, 1.807) is 0 Å². The van der Waals surface area contributed by atoms with E-state index in [4.69, 9.17) is 0 Å². The molecule has 0 atom stereocenters. The molecule has 6 heteroatoms. The van der Waals surface area contributed by atoms with Crippen LogP contribution in [0.3, 0.4) is 0 Å². The SMILES string of the molecule is CN[C@H]1CC[C@@H](Nc2cc3c(cc(C)n3Cc3ccccc3)n3c(C)nnc23)CC1. The third-order valence-electron chi connectivity index (χ3n) is 6.59. The zero-order valence-corrected chi connectivity index (χ0v) is 18.0. The van der Waals surface area contributed by atoms with Gasteiger partial charge in [0.15, 0.2) is 5.65 Å². The minimum absolute atomic E-state index is 0.478. The van der Waals surface area contributed by atoms with Gasteiger partial charge < -0.3 is 15.2 Å². The summed E-state index contributed by atoms with van der Waals surface area (Å²) in [5.41, 5.74) is 6.95. The predicted molar refractivity (Wildman–Crippen MR) is 122 cm³/mol. The monoisotopic (exact) mass is 402 g/mol. The molecule has 1 saturated carbocycles. The molecule has 30 heavy (non-hydrogen) atoms. The number of nitrogens with zero attached hydrogens (tertiary/aromatic N) is 4. The first-order valence-corrected chi connectivity index (χ1v) is 11.0. The van der Waals surface area contributed by atoms with Crippen molar-refractivity contribution < 1.29 is 0 Å². The minimum Gasteiger partial charge on any atom is -0.379 e. The van der Waals surface area contributed by atoms with Gasteiger partial charge in [0.25, 0.3) is 0 Å². The van der Waals surface area contributed by atoms with Crippen molar-refractivity contribution in [1.29, 1.82) is 0 Å². The van der Waals surface area contributed by atoms with Crippen LogP contribution in [-0.4, -0.2) is 38.3 Å². The minimum atomic E-state index is 0.478. The molecule has 1 aliphatic rings. The average molecular weight is 403 g/mol. The van der Waals surface area contributed by atoms with Gasteiger partial charge in [-0.1, -0.05) is 30.3 Å². The van der Waals surface area contributed by atoms with E-state index in [1.165, 1.54) is 48.0 Å². The van der Waals surface area contributed by atoms with Crippen molar-refractivity contribution >= 4 is 22.4 Å². The number of rotatable bonds is 5. The van der Waals surface area contributed by atoms with Gasteiger partial charge in [0.1, 0.15) is 5.82 Å². The Bertz CT molecular complexity index is 1170. The molecule has 1 fully saturated rings. The molecule has 0 saturated heterocycles. The van der Waals surface area contributed by atoms with E-state index in [9.17, 15) is 0 Å². The number of aryl methyl sites for hydroxylation is 2. The summed E-state index contributed by atoms with van der Waals surface area (Å²) in [6.07, 6.45) is 4.77. The van der Waals surface area contributed by atoms with Gasteiger partial charge in [0.2, 0.25) is 0 Å². The van der Waals surface area contributed by atoms with Crippen molar-refractivity contribution in [2.75, 3.05) is 12.4 Å². The maximum absolute atomic E-state index is 4.52. The molecule has 0 bridgehead atoms.